The first-order chi connectivity index (χ1) is 18.5. The second-order valence-electron chi connectivity index (χ2n) is 8.04. The summed E-state index contributed by atoms with van der Waals surface area (Å²) in [5, 5.41) is -0.434. The molecule has 0 bridgehead atoms. The molecule has 0 atom stereocenters. The fourth-order valence-electron chi connectivity index (χ4n) is 3.85. The molecule has 0 aliphatic carbocycles. The van der Waals surface area contributed by atoms with E-state index in [1.165, 1.54) is 48.5 Å². The molecule has 0 N–H and O–H groups in total. The monoisotopic (exact) mass is 604 g/mol. The van der Waals surface area contributed by atoms with Crippen molar-refractivity contribution >= 4 is 64.8 Å². The number of halogens is 6. The fraction of sp³-hybridized carbons (Fsp3) is 0.0833. The van der Waals surface area contributed by atoms with Crippen molar-refractivity contribution in [3.05, 3.63) is 84.9 Å². The molecule has 0 aliphatic rings. The zero-order chi connectivity index (χ0) is 29.7. The average Bonchev–Trinajstić information content (AvgIpc) is 2.87. The fourth-order valence-corrected chi connectivity index (χ4v) is 5.69. The highest BCUT2D eigenvalue weighted by atomic mass is 32.2. The molecule has 0 aliphatic heterocycles. The van der Waals surface area contributed by atoms with Crippen LogP contribution in [0.25, 0.3) is 21.5 Å². The maximum Gasteiger partial charge on any atom is 0.517 e. The van der Waals surface area contributed by atoms with E-state index in [4.69, 9.17) is 0 Å². The minimum Gasteiger partial charge on any atom is -0.262 e. The van der Waals surface area contributed by atoms with Crippen LogP contribution in [-0.4, -0.2) is 39.7 Å². The van der Waals surface area contributed by atoms with Crippen molar-refractivity contribution in [2.24, 2.45) is 0 Å². The minimum atomic E-state index is -6.81. The lowest BCUT2D eigenvalue weighted by Crippen LogP contribution is -2.55. The maximum atomic E-state index is 13.7. The highest BCUT2D eigenvalue weighted by Gasteiger charge is 2.58. The molecule has 0 fully saturated rings. The van der Waals surface area contributed by atoms with Crippen molar-refractivity contribution in [2.45, 2.75) is 11.0 Å². The van der Waals surface area contributed by atoms with Gasteiger partial charge in [0.1, 0.15) is 0 Å². The van der Waals surface area contributed by atoms with Crippen LogP contribution in [0.15, 0.2) is 84.9 Å². The van der Waals surface area contributed by atoms with Gasteiger partial charge in [0, 0.05) is 10.8 Å². The van der Waals surface area contributed by atoms with Gasteiger partial charge < -0.3 is 0 Å². The number of benzene rings is 4. The molecule has 0 aromatic heterocycles. The molecule has 0 saturated carbocycles. The first kappa shape index (κ1) is 28.8. The van der Waals surface area contributed by atoms with E-state index in [1.807, 2.05) is 0 Å². The van der Waals surface area contributed by atoms with E-state index in [0.29, 0.717) is 12.1 Å². The molecule has 0 saturated heterocycles. The lowest BCUT2D eigenvalue weighted by Gasteiger charge is -2.28. The van der Waals surface area contributed by atoms with Crippen molar-refractivity contribution in [3.8, 4) is 0 Å². The van der Waals surface area contributed by atoms with E-state index < -0.39 is 62.9 Å². The number of hydrogen-bond acceptors (Lipinski definition) is 6. The van der Waals surface area contributed by atoms with Gasteiger partial charge in [-0.15, -0.1) is 0 Å². The zero-order valence-corrected chi connectivity index (χ0v) is 21.1. The van der Waals surface area contributed by atoms with Crippen LogP contribution >= 0.6 is 0 Å². The zero-order valence-electron chi connectivity index (χ0n) is 19.5. The summed E-state index contributed by atoms with van der Waals surface area (Å²) in [5.74, 6) is -5.45. The summed E-state index contributed by atoms with van der Waals surface area (Å²) in [6, 6.07) is 16.3. The molecule has 2 amide bonds. The van der Waals surface area contributed by atoms with E-state index >= 15 is 0 Å². The smallest absolute Gasteiger partial charge is 0.262 e. The Labute approximate surface area is 222 Å². The van der Waals surface area contributed by atoms with E-state index in [1.54, 1.807) is 0 Å². The van der Waals surface area contributed by atoms with Crippen LogP contribution in [0.1, 0.15) is 0 Å². The van der Waals surface area contributed by atoms with Gasteiger partial charge in [-0.1, -0.05) is 72.8 Å². The second-order valence-corrected chi connectivity index (χ2v) is 11.6. The van der Waals surface area contributed by atoms with Gasteiger partial charge in [0.2, 0.25) is 0 Å². The standard InChI is InChI=1S/C24H14F6N2O6S2/c25-23(26,27)39(35,36)31(19-13-5-9-15-7-1-3-11-17(15)19)21(33)22(34)32(40(37,38)24(28,29)30)20-14-6-10-16-8-2-4-12-18(16)20/h1-14H. The third-order valence-electron chi connectivity index (χ3n) is 5.59. The van der Waals surface area contributed by atoms with Crippen molar-refractivity contribution in [1.29, 1.82) is 0 Å². The number of fused-ring (bicyclic) bond motifs is 2. The summed E-state index contributed by atoms with van der Waals surface area (Å²) < 4.78 is 131. The van der Waals surface area contributed by atoms with Gasteiger partial charge in [0.05, 0.1) is 11.4 Å². The number of anilines is 2. The third kappa shape index (κ3) is 4.72. The van der Waals surface area contributed by atoms with Gasteiger partial charge in [0.25, 0.3) is 0 Å². The van der Waals surface area contributed by atoms with Crippen molar-refractivity contribution in [1.82, 2.24) is 0 Å². The maximum absolute atomic E-state index is 13.7. The topological polar surface area (TPSA) is 109 Å². The Morgan fingerprint density at radius 3 is 1.12 bits per heavy atom. The Bertz CT molecular complexity index is 1720. The molecular formula is C24H14F6N2O6S2. The minimum absolute atomic E-state index is 0.0939. The Balaban J connectivity index is 2.03. The van der Waals surface area contributed by atoms with Crippen LogP contribution in [0.4, 0.5) is 37.7 Å². The van der Waals surface area contributed by atoms with Crippen LogP contribution in [-0.2, 0) is 29.6 Å². The average molecular weight is 605 g/mol. The van der Waals surface area contributed by atoms with Crippen LogP contribution in [0.2, 0.25) is 0 Å². The normalized spacial score (nSPS) is 12.8. The van der Waals surface area contributed by atoms with Crippen LogP contribution in [0.5, 0.6) is 0 Å². The number of alkyl halides is 6. The van der Waals surface area contributed by atoms with Gasteiger partial charge in [0.15, 0.2) is 0 Å². The Morgan fingerprint density at radius 1 is 0.500 bits per heavy atom. The molecular weight excluding hydrogens is 590 g/mol. The van der Waals surface area contributed by atoms with Crippen LogP contribution in [0.3, 0.4) is 0 Å². The quantitative estimate of drug-likeness (QED) is 0.238. The van der Waals surface area contributed by atoms with Crippen molar-refractivity contribution < 1.29 is 52.8 Å². The van der Waals surface area contributed by atoms with Gasteiger partial charge in [-0.3, -0.25) is 9.59 Å². The van der Waals surface area contributed by atoms with Crippen molar-refractivity contribution in [3.63, 3.8) is 0 Å². The number of sulfonamides is 2. The predicted octanol–water partition coefficient (Wildman–Crippen LogP) is 5.06. The molecule has 4 rings (SSSR count). The first-order valence-corrected chi connectivity index (χ1v) is 13.6. The Hall–Kier alpha value is -4.18. The van der Waals surface area contributed by atoms with Gasteiger partial charge in [-0.2, -0.15) is 51.8 Å². The molecule has 16 heteroatoms. The molecule has 4 aromatic carbocycles. The van der Waals surface area contributed by atoms with Gasteiger partial charge in [-0.25, -0.2) is 0 Å². The van der Waals surface area contributed by atoms with E-state index in [9.17, 15) is 52.8 Å². The largest absolute Gasteiger partial charge is 0.517 e. The summed E-state index contributed by atoms with van der Waals surface area (Å²) in [4.78, 5) is 26.7. The number of nitrogens with zero attached hydrogens (tertiary/aromatic N) is 2. The van der Waals surface area contributed by atoms with Gasteiger partial charge >= 0.3 is 42.9 Å². The van der Waals surface area contributed by atoms with Crippen LogP contribution in [0, 0.1) is 0 Å². The number of hydrogen-bond donors (Lipinski definition) is 0. The lowest BCUT2D eigenvalue weighted by molar-refractivity contribution is -0.134. The van der Waals surface area contributed by atoms with E-state index in [0.717, 1.165) is 24.3 Å². The van der Waals surface area contributed by atoms with Crippen molar-refractivity contribution in [2.75, 3.05) is 8.61 Å². The number of rotatable bonds is 4. The molecule has 4 aromatic rings. The Kier molecular flexibility index (Phi) is 7.04. The third-order valence-corrected chi connectivity index (χ3v) is 8.44. The summed E-state index contributed by atoms with van der Waals surface area (Å²) in [7, 11) is -13.6. The van der Waals surface area contributed by atoms with Gasteiger partial charge in [-0.05, 0) is 22.9 Å². The first-order valence-electron chi connectivity index (χ1n) is 10.8. The number of carbonyl (C=O) groups is 2. The summed E-state index contributed by atoms with van der Waals surface area (Å²) in [6.45, 7) is 0. The summed E-state index contributed by atoms with van der Waals surface area (Å²) in [6.07, 6.45) is 0. The van der Waals surface area contributed by atoms with E-state index in [-0.39, 0.29) is 21.5 Å². The van der Waals surface area contributed by atoms with Crippen LogP contribution < -0.4 is 8.61 Å². The highest BCUT2D eigenvalue weighted by molar-refractivity contribution is 7.95. The molecule has 210 valence electrons. The molecule has 0 unspecified atom stereocenters. The number of amides is 2. The SMILES string of the molecule is O=C(C(=O)N(c1cccc2ccccc12)S(=O)(=O)C(F)(F)F)N(c1cccc2ccccc12)S(=O)(=O)C(F)(F)F. The molecule has 0 heterocycles. The Morgan fingerprint density at radius 2 is 0.800 bits per heavy atom. The summed E-state index contributed by atoms with van der Waals surface area (Å²) in [5.41, 5.74) is -14.5. The molecule has 0 radical (unpaired) electrons. The second kappa shape index (κ2) is 9.78. The molecule has 40 heavy (non-hydrogen) atoms. The highest BCUT2D eigenvalue weighted by Crippen LogP contribution is 2.38. The lowest BCUT2D eigenvalue weighted by atomic mass is 10.1. The van der Waals surface area contributed by atoms with E-state index in [2.05, 4.69) is 0 Å². The summed E-state index contributed by atoms with van der Waals surface area (Å²) >= 11 is 0. The molecule has 0 spiro atoms. The number of carbonyl (C=O) groups excluding carboxylic acids is 2. The predicted molar refractivity (Wildman–Crippen MR) is 133 cm³/mol. The molecule has 8 nitrogen and oxygen atoms in total.